The van der Waals surface area contributed by atoms with Crippen molar-refractivity contribution in [1.82, 2.24) is 5.32 Å². The molecule has 23 heavy (non-hydrogen) atoms. The van der Waals surface area contributed by atoms with E-state index in [2.05, 4.69) is 17.4 Å². The van der Waals surface area contributed by atoms with Gasteiger partial charge in [0.25, 0.3) is 0 Å². The molecule has 4 heteroatoms. The average Bonchev–Trinajstić information content (AvgIpc) is 2.54. The lowest BCUT2D eigenvalue weighted by Crippen LogP contribution is -2.21. The third kappa shape index (κ3) is 4.47. The fraction of sp³-hybridized carbons (Fsp3) is 0.368. The average molecular weight is 315 g/mol. The Labute approximate surface area is 138 Å². The summed E-state index contributed by atoms with van der Waals surface area (Å²) < 4.78 is 10.5. The standard InChI is InChI=1S/C19H25NO3/c1-13-9-15(10-14(2)19(13)23-4)11-20-12-18(21)16-5-7-17(22-3)8-6-16/h5-10,18,20-21H,11-12H2,1-4H3. The van der Waals surface area contributed by atoms with E-state index in [0.29, 0.717) is 13.1 Å². The zero-order valence-corrected chi connectivity index (χ0v) is 14.2. The molecule has 1 unspecified atom stereocenters. The number of hydrogen-bond acceptors (Lipinski definition) is 4. The maximum absolute atomic E-state index is 10.2. The normalized spacial score (nSPS) is 12.0. The predicted octanol–water partition coefficient (Wildman–Crippen LogP) is 3.14. The Hall–Kier alpha value is -2.04. The number of benzene rings is 2. The van der Waals surface area contributed by atoms with Crippen LogP contribution in [0.3, 0.4) is 0 Å². The molecule has 2 N–H and O–H groups in total. The molecule has 0 heterocycles. The summed E-state index contributed by atoms with van der Waals surface area (Å²) in [7, 11) is 3.32. The number of aliphatic hydroxyl groups excluding tert-OH is 1. The smallest absolute Gasteiger partial charge is 0.124 e. The molecule has 2 aromatic rings. The van der Waals surface area contributed by atoms with Crippen LogP contribution in [0.4, 0.5) is 0 Å². The van der Waals surface area contributed by atoms with E-state index < -0.39 is 6.10 Å². The monoisotopic (exact) mass is 315 g/mol. The molecule has 4 nitrogen and oxygen atoms in total. The van der Waals surface area contributed by atoms with Crippen LogP contribution < -0.4 is 14.8 Å². The van der Waals surface area contributed by atoms with Crippen LogP contribution in [0, 0.1) is 13.8 Å². The number of hydrogen-bond donors (Lipinski definition) is 2. The lowest BCUT2D eigenvalue weighted by molar-refractivity contribution is 0.174. The van der Waals surface area contributed by atoms with Gasteiger partial charge >= 0.3 is 0 Å². The Kier molecular flexibility index (Phi) is 6.02. The zero-order chi connectivity index (χ0) is 16.8. The maximum Gasteiger partial charge on any atom is 0.124 e. The summed E-state index contributed by atoms with van der Waals surface area (Å²) in [4.78, 5) is 0. The minimum Gasteiger partial charge on any atom is -0.497 e. The van der Waals surface area contributed by atoms with Crippen molar-refractivity contribution in [3.63, 3.8) is 0 Å². The van der Waals surface area contributed by atoms with E-state index in [1.54, 1.807) is 14.2 Å². The molecule has 0 aliphatic carbocycles. The Morgan fingerprint density at radius 1 is 1.00 bits per heavy atom. The molecule has 0 saturated heterocycles. The van der Waals surface area contributed by atoms with E-state index in [4.69, 9.17) is 9.47 Å². The van der Waals surface area contributed by atoms with Crippen LogP contribution in [-0.4, -0.2) is 25.9 Å². The summed E-state index contributed by atoms with van der Waals surface area (Å²) in [6.45, 7) is 5.29. The molecule has 0 saturated carbocycles. The summed E-state index contributed by atoms with van der Waals surface area (Å²) >= 11 is 0. The summed E-state index contributed by atoms with van der Waals surface area (Å²) in [5.74, 6) is 1.73. The first-order valence-electron chi connectivity index (χ1n) is 7.72. The molecule has 0 aromatic heterocycles. The molecule has 0 radical (unpaired) electrons. The molecule has 0 bridgehead atoms. The number of aryl methyl sites for hydroxylation is 2. The number of methoxy groups -OCH3 is 2. The van der Waals surface area contributed by atoms with Crippen LogP contribution >= 0.6 is 0 Å². The van der Waals surface area contributed by atoms with Gasteiger partial charge in [-0.05, 0) is 48.2 Å². The van der Waals surface area contributed by atoms with Gasteiger partial charge < -0.3 is 19.9 Å². The molecule has 124 valence electrons. The van der Waals surface area contributed by atoms with Crippen LogP contribution in [0.2, 0.25) is 0 Å². The van der Waals surface area contributed by atoms with Crippen molar-refractivity contribution in [2.24, 2.45) is 0 Å². The molecular weight excluding hydrogens is 290 g/mol. The Bertz CT molecular complexity index is 615. The second-order valence-electron chi connectivity index (χ2n) is 5.68. The lowest BCUT2D eigenvalue weighted by Gasteiger charge is -2.14. The third-order valence-corrected chi connectivity index (χ3v) is 3.89. The van der Waals surface area contributed by atoms with Crippen LogP contribution in [0.15, 0.2) is 36.4 Å². The van der Waals surface area contributed by atoms with E-state index >= 15 is 0 Å². The first kappa shape index (κ1) is 17.3. The van der Waals surface area contributed by atoms with Crippen molar-refractivity contribution < 1.29 is 14.6 Å². The summed E-state index contributed by atoms with van der Waals surface area (Å²) in [6, 6.07) is 11.7. The molecule has 1 atom stereocenters. The van der Waals surface area contributed by atoms with Gasteiger partial charge in [-0.2, -0.15) is 0 Å². The SMILES string of the molecule is COc1ccc(C(O)CNCc2cc(C)c(OC)c(C)c2)cc1. The Balaban J connectivity index is 1.91. The minimum absolute atomic E-state index is 0.496. The maximum atomic E-state index is 10.2. The molecule has 2 aromatic carbocycles. The van der Waals surface area contributed by atoms with Crippen molar-refractivity contribution in [2.45, 2.75) is 26.5 Å². The fourth-order valence-electron chi connectivity index (χ4n) is 2.76. The molecule has 0 aliphatic rings. The molecule has 2 rings (SSSR count). The van der Waals surface area contributed by atoms with Gasteiger partial charge in [0.2, 0.25) is 0 Å². The van der Waals surface area contributed by atoms with Gasteiger partial charge in [-0.25, -0.2) is 0 Å². The highest BCUT2D eigenvalue weighted by molar-refractivity contribution is 5.43. The topological polar surface area (TPSA) is 50.7 Å². The van der Waals surface area contributed by atoms with Crippen LogP contribution in [0.5, 0.6) is 11.5 Å². The second kappa shape index (κ2) is 7.99. The molecular formula is C19H25NO3. The minimum atomic E-state index is -0.540. The number of ether oxygens (including phenoxy) is 2. The number of aliphatic hydroxyl groups is 1. The van der Waals surface area contributed by atoms with Gasteiger partial charge in [-0.3, -0.25) is 0 Å². The van der Waals surface area contributed by atoms with Crippen LogP contribution in [-0.2, 0) is 6.54 Å². The summed E-state index contributed by atoms with van der Waals surface area (Å²) in [5, 5.41) is 13.5. The van der Waals surface area contributed by atoms with Crippen molar-refractivity contribution >= 4 is 0 Å². The van der Waals surface area contributed by atoms with Gasteiger partial charge in [-0.15, -0.1) is 0 Å². The highest BCUT2D eigenvalue weighted by Crippen LogP contribution is 2.24. The Morgan fingerprint density at radius 3 is 2.13 bits per heavy atom. The van der Waals surface area contributed by atoms with Crippen LogP contribution in [0.1, 0.15) is 28.4 Å². The Morgan fingerprint density at radius 2 is 1.61 bits per heavy atom. The van der Waals surface area contributed by atoms with Crippen molar-refractivity contribution in [2.75, 3.05) is 20.8 Å². The van der Waals surface area contributed by atoms with E-state index in [-0.39, 0.29) is 0 Å². The highest BCUT2D eigenvalue weighted by Gasteiger charge is 2.08. The predicted molar refractivity (Wildman–Crippen MR) is 92.1 cm³/mol. The molecule has 0 aliphatic heterocycles. The first-order valence-corrected chi connectivity index (χ1v) is 7.72. The van der Waals surface area contributed by atoms with Gasteiger partial charge in [0.1, 0.15) is 11.5 Å². The zero-order valence-electron chi connectivity index (χ0n) is 14.2. The van der Waals surface area contributed by atoms with Gasteiger partial charge in [0, 0.05) is 13.1 Å². The van der Waals surface area contributed by atoms with E-state index in [1.165, 1.54) is 5.56 Å². The van der Waals surface area contributed by atoms with E-state index in [0.717, 1.165) is 28.2 Å². The second-order valence-corrected chi connectivity index (χ2v) is 5.68. The lowest BCUT2D eigenvalue weighted by atomic mass is 10.1. The quantitative estimate of drug-likeness (QED) is 0.824. The highest BCUT2D eigenvalue weighted by atomic mass is 16.5. The van der Waals surface area contributed by atoms with Crippen molar-refractivity contribution in [3.05, 3.63) is 58.7 Å². The summed E-state index contributed by atoms with van der Waals surface area (Å²) in [6.07, 6.45) is -0.540. The molecule has 0 amide bonds. The van der Waals surface area contributed by atoms with Crippen molar-refractivity contribution in [3.8, 4) is 11.5 Å². The number of rotatable bonds is 7. The molecule has 0 spiro atoms. The summed E-state index contributed by atoms with van der Waals surface area (Å²) in [5.41, 5.74) is 4.31. The third-order valence-electron chi connectivity index (χ3n) is 3.89. The van der Waals surface area contributed by atoms with Gasteiger partial charge in [0.05, 0.1) is 20.3 Å². The number of nitrogens with one attached hydrogen (secondary N) is 1. The first-order chi connectivity index (χ1) is 11.0. The molecule has 0 fully saturated rings. The van der Waals surface area contributed by atoms with E-state index in [1.807, 2.05) is 38.1 Å². The van der Waals surface area contributed by atoms with Gasteiger partial charge in [-0.1, -0.05) is 24.3 Å². The van der Waals surface area contributed by atoms with Gasteiger partial charge in [0.15, 0.2) is 0 Å². The van der Waals surface area contributed by atoms with E-state index in [9.17, 15) is 5.11 Å². The van der Waals surface area contributed by atoms with Crippen molar-refractivity contribution in [1.29, 1.82) is 0 Å². The fourth-order valence-corrected chi connectivity index (χ4v) is 2.76. The largest absolute Gasteiger partial charge is 0.497 e. The van der Waals surface area contributed by atoms with Crippen LogP contribution in [0.25, 0.3) is 0 Å².